The van der Waals surface area contributed by atoms with Crippen molar-refractivity contribution in [2.45, 2.75) is 37.6 Å². The SMILES string of the molecule is CN(C(=O)CC1(N)CCCC1)c1cccnc1. The highest BCUT2D eigenvalue weighted by Gasteiger charge is 2.32. The minimum Gasteiger partial charge on any atom is -0.325 e. The second-order valence-corrected chi connectivity index (χ2v) is 4.91. The van der Waals surface area contributed by atoms with E-state index in [0.717, 1.165) is 31.4 Å². The first-order chi connectivity index (χ1) is 8.11. The van der Waals surface area contributed by atoms with E-state index in [1.165, 1.54) is 0 Å². The molecule has 92 valence electrons. The number of pyridine rings is 1. The smallest absolute Gasteiger partial charge is 0.228 e. The summed E-state index contributed by atoms with van der Waals surface area (Å²) in [7, 11) is 1.78. The number of hydrogen-bond acceptors (Lipinski definition) is 3. The fraction of sp³-hybridized carbons (Fsp3) is 0.538. The molecule has 0 radical (unpaired) electrons. The molecule has 2 N–H and O–H groups in total. The summed E-state index contributed by atoms with van der Waals surface area (Å²) >= 11 is 0. The maximum Gasteiger partial charge on any atom is 0.228 e. The molecule has 1 heterocycles. The Morgan fingerprint density at radius 2 is 2.24 bits per heavy atom. The molecule has 1 saturated carbocycles. The van der Waals surface area contributed by atoms with Crippen molar-refractivity contribution in [3.05, 3.63) is 24.5 Å². The molecule has 1 aromatic rings. The summed E-state index contributed by atoms with van der Waals surface area (Å²) in [4.78, 5) is 17.8. The number of anilines is 1. The number of amides is 1. The summed E-state index contributed by atoms with van der Waals surface area (Å²) in [6.07, 6.45) is 8.01. The Kier molecular flexibility index (Phi) is 3.43. The zero-order chi connectivity index (χ0) is 12.3. The third kappa shape index (κ3) is 2.82. The van der Waals surface area contributed by atoms with E-state index >= 15 is 0 Å². The Bertz CT molecular complexity index is 385. The van der Waals surface area contributed by atoms with Crippen molar-refractivity contribution in [1.29, 1.82) is 0 Å². The van der Waals surface area contributed by atoms with Crippen molar-refractivity contribution >= 4 is 11.6 Å². The number of nitrogens with zero attached hydrogens (tertiary/aromatic N) is 2. The predicted octanol–water partition coefficient (Wildman–Crippen LogP) is 1.71. The zero-order valence-electron chi connectivity index (χ0n) is 10.2. The molecule has 1 fully saturated rings. The largest absolute Gasteiger partial charge is 0.325 e. The lowest BCUT2D eigenvalue weighted by atomic mass is 9.94. The van der Waals surface area contributed by atoms with Crippen LogP contribution in [-0.4, -0.2) is 23.5 Å². The lowest BCUT2D eigenvalue weighted by molar-refractivity contribution is -0.119. The van der Waals surface area contributed by atoms with Crippen LogP contribution in [0.15, 0.2) is 24.5 Å². The van der Waals surface area contributed by atoms with E-state index < -0.39 is 0 Å². The maximum atomic E-state index is 12.1. The van der Waals surface area contributed by atoms with Gasteiger partial charge >= 0.3 is 0 Å². The molecule has 1 aliphatic carbocycles. The van der Waals surface area contributed by atoms with Gasteiger partial charge in [-0.3, -0.25) is 9.78 Å². The number of carbonyl (C=O) groups excluding carboxylic acids is 1. The lowest BCUT2D eigenvalue weighted by Crippen LogP contribution is -2.42. The Hall–Kier alpha value is -1.42. The van der Waals surface area contributed by atoms with Gasteiger partial charge < -0.3 is 10.6 Å². The molecule has 17 heavy (non-hydrogen) atoms. The number of nitrogens with two attached hydrogens (primary N) is 1. The number of rotatable bonds is 3. The van der Waals surface area contributed by atoms with Crippen LogP contribution < -0.4 is 10.6 Å². The van der Waals surface area contributed by atoms with Crippen molar-refractivity contribution in [2.24, 2.45) is 5.73 Å². The molecule has 0 spiro atoms. The van der Waals surface area contributed by atoms with E-state index in [2.05, 4.69) is 4.98 Å². The van der Waals surface area contributed by atoms with Crippen molar-refractivity contribution in [2.75, 3.05) is 11.9 Å². The van der Waals surface area contributed by atoms with E-state index in [1.54, 1.807) is 24.3 Å². The van der Waals surface area contributed by atoms with Crippen LogP contribution in [0.5, 0.6) is 0 Å². The normalized spacial score (nSPS) is 18.0. The van der Waals surface area contributed by atoms with E-state index in [1.807, 2.05) is 12.1 Å². The van der Waals surface area contributed by atoms with Crippen LogP contribution >= 0.6 is 0 Å². The fourth-order valence-corrected chi connectivity index (χ4v) is 2.37. The van der Waals surface area contributed by atoms with Gasteiger partial charge in [-0.05, 0) is 25.0 Å². The van der Waals surface area contributed by atoms with Crippen molar-refractivity contribution in [3.63, 3.8) is 0 Å². The highest BCUT2D eigenvalue weighted by Crippen LogP contribution is 2.30. The van der Waals surface area contributed by atoms with Gasteiger partial charge in [-0.2, -0.15) is 0 Å². The highest BCUT2D eigenvalue weighted by molar-refractivity contribution is 5.93. The van der Waals surface area contributed by atoms with Gasteiger partial charge in [-0.1, -0.05) is 12.8 Å². The van der Waals surface area contributed by atoms with Gasteiger partial charge in [0.1, 0.15) is 0 Å². The molecule has 4 nitrogen and oxygen atoms in total. The number of carbonyl (C=O) groups is 1. The van der Waals surface area contributed by atoms with Crippen LogP contribution in [-0.2, 0) is 4.79 Å². The van der Waals surface area contributed by atoms with Crippen LogP contribution in [0.3, 0.4) is 0 Å². The van der Waals surface area contributed by atoms with Crippen LogP contribution in [0.2, 0.25) is 0 Å². The maximum absolute atomic E-state index is 12.1. The Morgan fingerprint density at radius 3 is 2.82 bits per heavy atom. The molecule has 2 rings (SSSR count). The molecule has 0 saturated heterocycles. The zero-order valence-corrected chi connectivity index (χ0v) is 10.2. The quantitative estimate of drug-likeness (QED) is 0.864. The Balaban J connectivity index is 2.01. The highest BCUT2D eigenvalue weighted by atomic mass is 16.2. The minimum atomic E-state index is -0.284. The molecule has 1 aliphatic rings. The Labute approximate surface area is 102 Å². The standard InChI is InChI=1S/C13H19N3O/c1-16(11-5-4-8-15-10-11)12(17)9-13(14)6-2-3-7-13/h4-5,8,10H,2-3,6-7,9,14H2,1H3. The third-order valence-corrected chi connectivity index (χ3v) is 3.51. The van der Waals surface area contributed by atoms with Crippen LogP contribution in [0.4, 0.5) is 5.69 Å². The first-order valence-electron chi connectivity index (χ1n) is 6.06. The summed E-state index contributed by atoms with van der Waals surface area (Å²) in [5.41, 5.74) is 6.75. The van der Waals surface area contributed by atoms with Crippen LogP contribution in [0.1, 0.15) is 32.1 Å². The van der Waals surface area contributed by atoms with Gasteiger partial charge in [0, 0.05) is 25.2 Å². The predicted molar refractivity (Wildman–Crippen MR) is 67.7 cm³/mol. The lowest BCUT2D eigenvalue weighted by Gasteiger charge is -2.26. The molecule has 0 aromatic carbocycles. The van der Waals surface area contributed by atoms with E-state index in [9.17, 15) is 4.79 Å². The molecule has 0 aliphatic heterocycles. The van der Waals surface area contributed by atoms with E-state index in [4.69, 9.17) is 5.73 Å². The van der Waals surface area contributed by atoms with Crippen molar-refractivity contribution in [3.8, 4) is 0 Å². The first kappa shape index (κ1) is 12.0. The van der Waals surface area contributed by atoms with E-state index in [0.29, 0.717) is 6.42 Å². The first-order valence-corrected chi connectivity index (χ1v) is 6.06. The molecular formula is C13H19N3O. The molecule has 4 heteroatoms. The topological polar surface area (TPSA) is 59.2 Å². The van der Waals surface area contributed by atoms with Gasteiger partial charge in [0.05, 0.1) is 11.9 Å². The average molecular weight is 233 g/mol. The molecular weight excluding hydrogens is 214 g/mol. The van der Waals surface area contributed by atoms with Crippen molar-refractivity contribution in [1.82, 2.24) is 4.98 Å². The van der Waals surface area contributed by atoms with Gasteiger partial charge in [0.25, 0.3) is 0 Å². The molecule has 0 unspecified atom stereocenters. The van der Waals surface area contributed by atoms with Crippen molar-refractivity contribution < 1.29 is 4.79 Å². The van der Waals surface area contributed by atoms with Gasteiger partial charge in [0.2, 0.25) is 5.91 Å². The summed E-state index contributed by atoms with van der Waals surface area (Å²) in [5, 5.41) is 0. The third-order valence-electron chi connectivity index (χ3n) is 3.51. The van der Waals surface area contributed by atoms with Crippen LogP contribution in [0.25, 0.3) is 0 Å². The number of aromatic nitrogens is 1. The fourth-order valence-electron chi connectivity index (χ4n) is 2.37. The molecule has 0 atom stereocenters. The second kappa shape index (κ2) is 4.84. The van der Waals surface area contributed by atoms with Gasteiger partial charge in [-0.15, -0.1) is 0 Å². The minimum absolute atomic E-state index is 0.0717. The summed E-state index contributed by atoms with van der Waals surface area (Å²) < 4.78 is 0. The average Bonchev–Trinajstić information content (AvgIpc) is 2.76. The number of hydrogen-bond donors (Lipinski definition) is 1. The Morgan fingerprint density at radius 1 is 1.53 bits per heavy atom. The summed E-state index contributed by atoms with van der Waals surface area (Å²) in [6.45, 7) is 0. The van der Waals surface area contributed by atoms with Gasteiger partial charge in [-0.25, -0.2) is 0 Å². The van der Waals surface area contributed by atoms with E-state index in [-0.39, 0.29) is 11.4 Å². The monoisotopic (exact) mass is 233 g/mol. The summed E-state index contributed by atoms with van der Waals surface area (Å²) in [6, 6.07) is 3.70. The second-order valence-electron chi connectivity index (χ2n) is 4.91. The summed E-state index contributed by atoms with van der Waals surface area (Å²) in [5.74, 6) is 0.0717. The van der Waals surface area contributed by atoms with Crippen LogP contribution in [0, 0.1) is 0 Å². The molecule has 0 bridgehead atoms. The van der Waals surface area contributed by atoms with Gasteiger partial charge in [0.15, 0.2) is 0 Å². The molecule has 1 amide bonds. The molecule has 1 aromatic heterocycles.